The Balaban J connectivity index is 2.81. The molecule has 0 saturated carbocycles. The molecule has 106 valence electrons. The zero-order valence-corrected chi connectivity index (χ0v) is 14.4. The Morgan fingerprint density at radius 1 is 1.42 bits per heavy atom. The fourth-order valence-electron chi connectivity index (χ4n) is 1.58. The van der Waals surface area contributed by atoms with E-state index < -0.39 is 5.82 Å². The van der Waals surface area contributed by atoms with E-state index in [4.69, 9.17) is 11.6 Å². The van der Waals surface area contributed by atoms with Crippen LogP contribution in [0.25, 0.3) is 0 Å². The van der Waals surface area contributed by atoms with Crippen molar-refractivity contribution in [3.8, 4) is 0 Å². The van der Waals surface area contributed by atoms with E-state index in [2.05, 4.69) is 37.2 Å². The van der Waals surface area contributed by atoms with E-state index >= 15 is 0 Å². The molecule has 0 aromatic heterocycles. The first kappa shape index (κ1) is 16.9. The molecule has 0 unspecified atom stereocenters. The van der Waals surface area contributed by atoms with Crippen LogP contribution in [-0.2, 0) is 11.2 Å². The lowest BCUT2D eigenvalue weighted by Gasteiger charge is -2.30. The lowest BCUT2D eigenvalue weighted by atomic mass is 10.0. The smallest absolute Gasteiger partial charge is 0.225 e. The normalized spacial score (nSPS) is 11.4. The summed E-state index contributed by atoms with van der Waals surface area (Å²) in [6, 6.07) is 4.40. The monoisotopic (exact) mass is 413 g/mol. The average molecular weight is 416 g/mol. The van der Waals surface area contributed by atoms with E-state index in [0.717, 1.165) is 6.42 Å². The number of halogens is 4. The number of carbonyl (C=O) groups excluding carboxylic acids is 1. The Labute approximate surface area is 134 Å². The summed E-state index contributed by atoms with van der Waals surface area (Å²) in [7, 11) is 0. The predicted molar refractivity (Wildman–Crippen MR) is 83.9 cm³/mol. The third kappa shape index (κ3) is 4.43. The number of carbonyl (C=O) groups is 1. The molecule has 6 heteroatoms. The molecule has 1 rings (SSSR count). The minimum atomic E-state index is -0.456. The molecule has 0 bridgehead atoms. The highest BCUT2D eigenvalue weighted by Gasteiger charge is 2.28. The Morgan fingerprint density at radius 2 is 2.05 bits per heavy atom. The molecule has 0 aliphatic rings. The number of hydrogen-bond acceptors (Lipinski definition) is 1. The van der Waals surface area contributed by atoms with Crippen LogP contribution in [0.15, 0.2) is 18.2 Å². The summed E-state index contributed by atoms with van der Waals surface area (Å²) in [5.74, 6) is -0.699. The molecule has 0 saturated heterocycles. The highest BCUT2D eigenvalue weighted by Crippen LogP contribution is 2.21. The second-order valence-electron chi connectivity index (χ2n) is 4.33. The van der Waals surface area contributed by atoms with E-state index in [9.17, 15) is 9.18 Å². The molecule has 0 heterocycles. The van der Waals surface area contributed by atoms with Gasteiger partial charge < -0.3 is 5.32 Å². The third-order valence-corrected chi connectivity index (χ3v) is 5.49. The quantitative estimate of drug-likeness (QED) is 0.697. The van der Waals surface area contributed by atoms with Crippen molar-refractivity contribution in [1.82, 2.24) is 5.32 Å². The fraction of sp³-hybridized carbons (Fsp3) is 0.462. The second-order valence-corrected chi connectivity index (χ2v) is 5.85. The summed E-state index contributed by atoms with van der Waals surface area (Å²) in [4.78, 5) is 12.0. The van der Waals surface area contributed by atoms with Crippen molar-refractivity contribution >= 4 is 49.4 Å². The second kappa shape index (κ2) is 7.60. The lowest BCUT2D eigenvalue weighted by molar-refractivity contribution is -0.121. The molecule has 0 fully saturated rings. The maximum absolute atomic E-state index is 13.6. The number of nitrogens with one attached hydrogen (secondary N) is 1. The molecule has 1 aromatic carbocycles. The molecule has 0 atom stereocenters. The van der Waals surface area contributed by atoms with Gasteiger partial charge in [0.15, 0.2) is 0 Å². The zero-order valence-electron chi connectivity index (χ0n) is 10.5. The van der Waals surface area contributed by atoms with Gasteiger partial charge in [0.1, 0.15) is 5.82 Å². The van der Waals surface area contributed by atoms with Crippen molar-refractivity contribution in [2.75, 3.05) is 10.7 Å². The van der Waals surface area contributed by atoms with E-state index in [1.165, 1.54) is 12.1 Å². The van der Waals surface area contributed by atoms with Crippen LogP contribution in [0.4, 0.5) is 4.39 Å². The zero-order chi connectivity index (χ0) is 14.5. The highest BCUT2D eigenvalue weighted by atomic mass is 79.9. The van der Waals surface area contributed by atoms with Crippen molar-refractivity contribution in [3.63, 3.8) is 0 Å². The van der Waals surface area contributed by atoms with Gasteiger partial charge >= 0.3 is 0 Å². The van der Waals surface area contributed by atoms with Gasteiger partial charge in [-0.05, 0) is 18.6 Å². The van der Waals surface area contributed by atoms with E-state index in [0.29, 0.717) is 10.7 Å². The topological polar surface area (TPSA) is 29.1 Å². The molecule has 1 N–H and O–H groups in total. The molecule has 0 radical (unpaired) electrons. The molecule has 0 aliphatic carbocycles. The summed E-state index contributed by atoms with van der Waals surface area (Å²) in [5.41, 5.74) is -0.134. The van der Waals surface area contributed by atoms with Crippen LogP contribution in [0, 0.1) is 5.82 Å². The average Bonchev–Trinajstić information content (AvgIpc) is 2.41. The van der Waals surface area contributed by atoms with Gasteiger partial charge in [0.05, 0.1) is 12.0 Å². The van der Waals surface area contributed by atoms with Gasteiger partial charge in [0, 0.05) is 21.2 Å². The standard InChI is InChI=1S/C13H15Br2ClFNO/c1-2-13(7-14,8-15)18-12(19)6-9-10(16)4-3-5-11(9)17/h3-5H,2,6-8H2,1H3,(H,18,19). The van der Waals surface area contributed by atoms with E-state index in [1.54, 1.807) is 6.07 Å². The molecule has 1 amide bonds. The Bertz CT molecular complexity index is 424. The summed E-state index contributed by atoms with van der Waals surface area (Å²) in [6.45, 7) is 1.98. The van der Waals surface area contributed by atoms with Crippen molar-refractivity contribution in [3.05, 3.63) is 34.6 Å². The van der Waals surface area contributed by atoms with Gasteiger partial charge in [0.2, 0.25) is 5.91 Å². The molecule has 0 aliphatic heterocycles. The Morgan fingerprint density at radius 3 is 2.53 bits per heavy atom. The van der Waals surface area contributed by atoms with Crippen LogP contribution in [0.1, 0.15) is 18.9 Å². The largest absolute Gasteiger partial charge is 0.349 e. The maximum atomic E-state index is 13.6. The SMILES string of the molecule is CCC(CBr)(CBr)NC(=O)Cc1c(F)cccc1Cl. The summed E-state index contributed by atoms with van der Waals surface area (Å²) < 4.78 is 13.6. The molecular formula is C13H15Br2ClFNO. The minimum absolute atomic E-state index is 0.0622. The molecule has 2 nitrogen and oxygen atoms in total. The summed E-state index contributed by atoms with van der Waals surface area (Å²) in [6.07, 6.45) is 0.702. The van der Waals surface area contributed by atoms with E-state index in [-0.39, 0.29) is 28.5 Å². The summed E-state index contributed by atoms with van der Waals surface area (Å²) >= 11 is 12.7. The van der Waals surface area contributed by atoms with Crippen LogP contribution in [0.5, 0.6) is 0 Å². The van der Waals surface area contributed by atoms with E-state index in [1.807, 2.05) is 6.92 Å². The van der Waals surface area contributed by atoms with Crippen LogP contribution in [-0.4, -0.2) is 22.1 Å². The third-order valence-electron chi connectivity index (χ3n) is 2.99. The van der Waals surface area contributed by atoms with Gasteiger partial charge in [0.25, 0.3) is 0 Å². The minimum Gasteiger partial charge on any atom is -0.349 e. The number of alkyl halides is 2. The molecule has 19 heavy (non-hydrogen) atoms. The van der Waals surface area contributed by atoms with Crippen molar-refractivity contribution in [1.29, 1.82) is 0 Å². The molecule has 0 spiro atoms. The van der Waals surface area contributed by atoms with Crippen LogP contribution in [0.3, 0.4) is 0 Å². The first-order chi connectivity index (χ1) is 8.98. The number of benzene rings is 1. The number of hydrogen-bond donors (Lipinski definition) is 1. The van der Waals surface area contributed by atoms with Crippen molar-refractivity contribution in [2.45, 2.75) is 25.3 Å². The van der Waals surface area contributed by atoms with Crippen molar-refractivity contribution in [2.24, 2.45) is 0 Å². The van der Waals surface area contributed by atoms with Gasteiger partial charge in [-0.15, -0.1) is 0 Å². The van der Waals surface area contributed by atoms with Gasteiger partial charge in [-0.25, -0.2) is 4.39 Å². The number of rotatable bonds is 6. The predicted octanol–water partition coefficient (Wildman–Crippen LogP) is 4.08. The first-order valence-corrected chi connectivity index (χ1v) is 8.46. The Kier molecular flexibility index (Phi) is 6.77. The first-order valence-electron chi connectivity index (χ1n) is 5.84. The van der Waals surface area contributed by atoms with Gasteiger partial charge in [-0.2, -0.15) is 0 Å². The number of amides is 1. The molecule has 1 aromatic rings. The van der Waals surface area contributed by atoms with Gasteiger partial charge in [-0.3, -0.25) is 4.79 Å². The van der Waals surface area contributed by atoms with Crippen LogP contribution in [0.2, 0.25) is 5.02 Å². The lowest BCUT2D eigenvalue weighted by Crippen LogP contribution is -2.51. The summed E-state index contributed by atoms with van der Waals surface area (Å²) in [5, 5.41) is 4.44. The highest BCUT2D eigenvalue weighted by molar-refractivity contribution is 9.09. The maximum Gasteiger partial charge on any atom is 0.225 e. The van der Waals surface area contributed by atoms with Crippen LogP contribution < -0.4 is 5.32 Å². The fourth-order valence-corrected chi connectivity index (χ4v) is 3.81. The van der Waals surface area contributed by atoms with Crippen LogP contribution >= 0.6 is 43.5 Å². The Hall–Kier alpha value is -0.130. The van der Waals surface area contributed by atoms with Crippen molar-refractivity contribution < 1.29 is 9.18 Å². The van der Waals surface area contributed by atoms with Gasteiger partial charge in [-0.1, -0.05) is 56.5 Å². The molecular weight excluding hydrogens is 400 g/mol.